The van der Waals surface area contributed by atoms with E-state index in [4.69, 9.17) is 5.73 Å². The maximum atomic E-state index is 13.0. The van der Waals surface area contributed by atoms with Gasteiger partial charge in [-0.25, -0.2) is 19.9 Å². The number of fused-ring (bicyclic) bond motifs is 1. The van der Waals surface area contributed by atoms with Crippen LogP contribution in [-0.4, -0.2) is 43.3 Å². The first kappa shape index (κ1) is 18.1. The van der Waals surface area contributed by atoms with Crippen LogP contribution in [0, 0.1) is 5.92 Å². The molecule has 146 valence electrons. The van der Waals surface area contributed by atoms with E-state index in [1.807, 2.05) is 4.90 Å². The molecular formula is C17H16F3N7O. The fourth-order valence-corrected chi connectivity index (χ4v) is 3.24. The minimum atomic E-state index is -4.57. The molecule has 1 aliphatic rings. The van der Waals surface area contributed by atoms with Gasteiger partial charge in [0.2, 0.25) is 5.91 Å². The first-order chi connectivity index (χ1) is 13.3. The smallest absolute Gasteiger partial charge is 0.369 e. The van der Waals surface area contributed by atoms with E-state index in [0.717, 1.165) is 12.4 Å². The van der Waals surface area contributed by atoms with Crippen molar-refractivity contribution in [3.05, 3.63) is 36.5 Å². The van der Waals surface area contributed by atoms with Crippen LogP contribution in [-0.2, 0) is 11.0 Å². The molecule has 4 rings (SSSR count). The van der Waals surface area contributed by atoms with Crippen LogP contribution in [0.25, 0.3) is 17.2 Å². The standard InChI is InChI=1S/C17H16F3N7O/c18-17(19,20)12-9-27-11(7-24-14(27)8-23-12)16-22-4-1-13(25-16)26-5-2-10(3-6-26)15(21)28/h1,4,7-10H,2-3,5-6H2,(H2,21,28). The van der Waals surface area contributed by atoms with Gasteiger partial charge >= 0.3 is 6.18 Å². The molecule has 11 heteroatoms. The van der Waals surface area contributed by atoms with Crippen molar-refractivity contribution in [2.75, 3.05) is 18.0 Å². The van der Waals surface area contributed by atoms with Gasteiger partial charge in [0.05, 0.1) is 12.4 Å². The van der Waals surface area contributed by atoms with Gasteiger partial charge in [0.25, 0.3) is 0 Å². The molecule has 1 amide bonds. The zero-order valence-corrected chi connectivity index (χ0v) is 14.6. The summed E-state index contributed by atoms with van der Waals surface area (Å²) in [7, 11) is 0. The lowest BCUT2D eigenvalue weighted by molar-refractivity contribution is -0.141. The minimum absolute atomic E-state index is 0.148. The molecule has 1 saturated heterocycles. The third-order valence-corrected chi connectivity index (χ3v) is 4.78. The molecule has 1 fully saturated rings. The van der Waals surface area contributed by atoms with Crippen molar-refractivity contribution < 1.29 is 18.0 Å². The maximum Gasteiger partial charge on any atom is 0.434 e. The van der Waals surface area contributed by atoms with Crippen molar-refractivity contribution in [1.82, 2.24) is 24.3 Å². The van der Waals surface area contributed by atoms with Crippen molar-refractivity contribution in [2.45, 2.75) is 19.0 Å². The number of aromatic nitrogens is 5. The van der Waals surface area contributed by atoms with Crippen LogP contribution in [0.3, 0.4) is 0 Å². The number of nitrogens with two attached hydrogens (primary N) is 1. The second kappa shape index (κ2) is 6.73. The van der Waals surface area contributed by atoms with Gasteiger partial charge in [-0.3, -0.25) is 9.20 Å². The summed E-state index contributed by atoms with van der Waals surface area (Å²) in [6.07, 6.45) is 1.59. The number of nitrogens with zero attached hydrogens (tertiary/aromatic N) is 6. The second-order valence-electron chi connectivity index (χ2n) is 6.54. The van der Waals surface area contributed by atoms with Crippen molar-refractivity contribution in [1.29, 1.82) is 0 Å². The summed E-state index contributed by atoms with van der Waals surface area (Å²) in [6, 6.07) is 1.72. The molecule has 3 aromatic rings. The zero-order valence-electron chi connectivity index (χ0n) is 14.6. The van der Waals surface area contributed by atoms with Crippen molar-refractivity contribution in [3.8, 4) is 11.5 Å². The Morgan fingerprint density at radius 2 is 1.89 bits per heavy atom. The molecule has 1 aliphatic heterocycles. The topological polar surface area (TPSA) is 102 Å². The fourth-order valence-electron chi connectivity index (χ4n) is 3.24. The predicted molar refractivity (Wildman–Crippen MR) is 93.1 cm³/mol. The number of hydrogen-bond acceptors (Lipinski definition) is 6. The lowest BCUT2D eigenvalue weighted by atomic mass is 9.96. The summed E-state index contributed by atoms with van der Waals surface area (Å²) in [4.78, 5) is 29.5. The highest BCUT2D eigenvalue weighted by molar-refractivity contribution is 5.77. The third-order valence-electron chi connectivity index (χ3n) is 4.78. The molecule has 28 heavy (non-hydrogen) atoms. The van der Waals surface area contributed by atoms with Crippen LogP contribution >= 0.6 is 0 Å². The number of piperidine rings is 1. The Morgan fingerprint density at radius 1 is 1.14 bits per heavy atom. The number of anilines is 1. The largest absolute Gasteiger partial charge is 0.434 e. The average Bonchev–Trinajstić information content (AvgIpc) is 3.11. The Labute approximate surface area is 157 Å². The fraction of sp³-hybridized carbons (Fsp3) is 0.353. The first-order valence-corrected chi connectivity index (χ1v) is 8.61. The van der Waals surface area contributed by atoms with E-state index in [1.54, 1.807) is 12.3 Å². The number of hydrogen-bond donors (Lipinski definition) is 1. The van der Waals surface area contributed by atoms with Crippen LogP contribution in [0.15, 0.2) is 30.9 Å². The van der Waals surface area contributed by atoms with Crippen LogP contribution in [0.2, 0.25) is 0 Å². The number of amides is 1. The summed E-state index contributed by atoms with van der Waals surface area (Å²) in [5.41, 5.74) is 4.93. The lowest BCUT2D eigenvalue weighted by Gasteiger charge is -2.31. The average molecular weight is 391 g/mol. The van der Waals surface area contributed by atoms with Crippen LogP contribution < -0.4 is 10.6 Å². The molecule has 4 heterocycles. The Balaban J connectivity index is 1.66. The van der Waals surface area contributed by atoms with Gasteiger partial charge in [0, 0.05) is 31.4 Å². The van der Waals surface area contributed by atoms with E-state index < -0.39 is 11.9 Å². The van der Waals surface area contributed by atoms with Gasteiger partial charge in [-0.15, -0.1) is 0 Å². The monoisotopic (exact) mass is 391 g/mol. The van der Waals surface area contributed by atoms with Crippen molar-refractivity contribution >= 4 is 17.4 Å². The Kier molecular flexibility index (Phi) is 4.36. The number of primary amides is 1. The number of rotatable bonds is 3. The number of halogens is 3. The summed E-state index contributed by atoms with van der Waals surface area (Å²) >= 11 is 0. The van der Waals surface area contributed by atoms with Gasteiger partial charge in [0.1, 0.15) is 11.5 Å². The molecule has 2 N–H and O–H groups in total. The molecule has 0 bridgehead atoms. The number of carbonyl (C=O) groups is 1. The second-order valence-corrected chi connectivity index (χ2v) is 6.54. The molecule has 0 aliphatic carbocycles. The third kappa shape index (κ3) is 3.35. The van der Waals surface area contributed by atoms with E-state index >= 15 is 0 Å². The molecule has 0 aromatic carbocycles. The van der Waals surface area contributed by atoms with E-state index in [-0.39, 0.29) is 23.3 Å². The number of imidazole rings is 1. The van der Waals surface area contributed by atoms with E-state index in [0.29, 0.717) is 37.4 Å². The SMILES string of the molecule is NC(=O)C1CCN(c2ccnc(-c3cnc4cnc(C(F)(F)F)cn34)n2)CC1. The lowest BCUT2D eigenvalue weighted by Crippen LogP contribution is -2.39. The molecule has 8 nitrogen and oxygen atoms in total. The van der Waals surface area contributed by atoms with Crippen molar-refractivity contribution in [2.24, 2.45) is 11.7 Å². The molecule has 0 unspecified atom stereocenters. The van der Waals surface area contributed by atoms with Gasteiger partial charge in [-0.05, 0) is 18.9 Å². The zero-order chi connectivity index (χ0) is 19.9. The van der Waals surface area contributed by atoms with E-state index in [1.165, 1.54) is 10.6 Å². The summed E-state index contributed by atoms with van der Waals surface area (Å²) in [5, 5.41) is 0. The molecule has 0 atom stereocenters. The first-order valence-electron chi connectivity index (χ1n) is 8.61. The van der Waals surface area contributed by atoms with Gasteiger partial charge in [-0.2, -0.15) is 13.2 Å². The van der Waals surface area contributed by atoms with Crippen LogP contribution in [0.4, 0.5) is 19.0 Å². The summed E-state index contributed by atoms with van der Waals surface area (Å²) in [5.74, 6) is 0.432. The summed E-state index contributed by atoms with van der Waals surface area (Å²) < 4.78 is 40.2. The van der Waals surface area contributed by atoms with Gasteiger partial charge < -0.3 is 10.6 Å². The molecular weight excluding hydrogens is 375 g/mol. The number of alkyl halides is 3. The molecule has 0 spiro atoms. The quantitative estimate of drug-likeness (QED) is 0.732. The number of carbonyl (C=O) groups excluding carboxylic acids is 1. The van der Waals surface area contributed by atoms with Crippen LogP contribution in [0.1, 0.15) is 18.5 Å². The maximum absolute atomic E-state index is 13.0. The summed E-state index contributed by atoms with van der Waals surface area (Å²) in [6.45, 7) is 1.22. The van der Waals surface area contributed by atoms with Crippen molar-refractivity contribution in [3.63, 3.8) is 0 Å². The molecule has 0 radical (unpaired) electrons. The normalized spacial score (nSPS) is 15.9. The van der Waals surface area contributed by atoms with Gasteiger partial charge in [-0.1, -0.05) is 0 Å². The Morgan fingerprint density at radius 3 is 2.57 bits per heavy atom. The predicted octanol–water partition coefficient (Wildman–Crippen LogP) is 1.91. The van der Waals surface area contributed by atoms with E-state index in [2.05, 4.69) is 19.9 Å². The highest BCUT2D eigenvalue weighted by Gasteiger charge is 2.33. The molecule has 3 aromatic heterocycles. The Bertz CT molecular complexity index is 1030. The highest BCUT2D eigenvalue weighted by Crippen LogP contribution is 2.29. The highest BCUT2D eigenvalue weighted by atomic mass is 19.4. The van der Waals surface area contributed by atoms with E-state index in [9.17, 15) is 18.0 Å². The van der Waals surface area contributed by atoms with Gasteiger partial charge in [0.15, 0.2) is 17.2 Å². The molecule has 0 saturated carbocycles. The van der Waals surface area contributed by atoms with Crippen LogP contribution in [0.5, 0.6) is 0 Å². The Hall–Kier alpha value is -3.24. The minimum Gasteiger partial charge on any atom is -0.369 e.